The van der Waals surface area contributed by atoms with E-state index in [1.165, 1.54) is 5.56 Å². The molecule has 1 aliphatic heterocycles. The number of alkyl halides is 1. The highest BCUT2D eigenvalue weighted by molar-refractivity contribution is 9.09. The third-order valence-corrected chi connectivity index (χ3v) is 4.18. The largest absolute Gasteiger partial charge is 0.338 e. The van der Waals surface area contributed by atoms with Gasteiger partial charge in [0.25, 0.3) is 0 Å². The molecule has 0 radical (unpaired) electrons. The zero-order valence-electron chi connectivity index (χ0n) is 11.5. The number of benzene rings is 1. The molecule has 0 aliphatic carbocycles. The van der Waals surface area contributed by atoms with Gasteiger partial charge in [0.1, 0.15) is 0 Å². The van der Waals surface area contributed by atoms with Crippen molar-refractivity contribution < 1.29 is 9.59 Å². The van der Waals surface area contributed by atoms with Gasteiger partial charge in [-0.15, -0.1) is 0 Å². The molecule has 1 aromatic carbocycles. The third-order valence-electron chi connectivity index (χ3n) is 3.68. The molecule has 102 valence electrons. The van der Waals surface area contributed by atoms with Crippen molar-refractivity contribution in [3.8, 4) is 0 Å². The summed E-state index contributed by atoms with van der Waals surface area (Å²) in [6.07, 6.45) is 0. The number of halogens is 1. The van der Waals surface area contributed by atoms with Gasteiger partial charge in [-0.3, -0.25) is 9.59 Å². The maximum atomic E-state index is 11.8. The SMILES string of the molecule is CC(=O)N1Cc2ccc(C(=O)CBr)cc2C(C)(C)C1. The number of amides is 1. The Balaban J connectivity index is 2.45. The van der Waals surface area contributed by atoms with Gasteiger partial charge in [-0.25, -0.2) is 0 Å². The average Bonchev–Trinajstić information content (AvgIpc) is 2.36. The van der Waals surface area contributed by atoms with Crippen LogP contribution in [-0.2, 0) is 16.8 Å². The highest BCUT2D eigenvalue weighted by atomic mass is 79.9. The molecule has 0 atom stereocenters. The van der Waals surface area contributed by atoms with Crippen LogP contribution in [0.3, 0.4) is 0 Å². The predicted octanol–water partition coefficient (Wildman–Crippen LogP) is 2.90. The molecule has 1 aliphatic rings. The van der Waals surface area contributed by atoms with E-state index in [2.05, 4.69) is 29.8 Å². The molecule has 0 N–H and O–H groups in total. The molecule has 1 amide bonds. The fourth-order valence-corrected chi connectivity index (χ4v) is 2.97. The van der Waals surface area contributed by atoms with Crippen LogP contribution in [0.5, 0.6) is 0 Å². The van der Waals surface area contributed by atoms with E-state index in [0.717, 1.165) is 11.1 Å². The predicted molar refractivity (Wildman–Crippen MR) is 78.7 cm³/mol. The summed E-state index contributed by atoms with van der Waals surface area (Å²) < 4.78 is 0. The van der Waals surface area contributed by atoms with Gasteiger partial charge in [0.2, 0.25) is 5.91 Å². The van der Waals surface area contributed by atoms with Crippen LogP contribution in [0.25, 0.3) is 0 Å². The van der Waals surface area contributed by atoms with E-state index in [1.807, 2.05) is 23.1 Å². The first-order chi connectivity index (χ1) is 8.85. The molecule has 3 nitrogen and oxygen atoms in total. The van der Waals surface area contributed by atoms with E-state index in [0.29, 0.717) is 18.4 Å². The van der Waals surface area contributed by atoms with Crippen LogP contribution in [0, 0.1) is 0 Å². The van der Waals surface area contributed by atoms with Gasteiger partial charge in [-0.05, 0) is 17.2 Å². The van der Waals surface area contributed by atoms with Gasteiger partial charge in [0.15, 0.2) is 5.78 Å². The van der Waals surface area contributed by atoms with Gasteiger partial charge in [0.05, 0.1) is 5.33 Å². The van der Waals surface area contributed by atoms with Gasteiger partial charge >= 0.3 is 0 Å². The molecule has 1 heterocycles. The van der Waals surface area contributed by atoms with Crippen LogP contribution in [0.1, 0.15) is 42.3 Å². The summed E-state index contributed by atoms with van der Waals surface area (Å²) >= 11 is 3.20. The van der Waals surface area contributed by atoms with Crippen LogP contribution < -0.4 is 0 Å². The summed E-state index contributed by atoms with van der Waals surface area (Å²) in [5.74, 6) is 0.187. The zero-order valence-corrected chi connectivity index (χ0v) is 13.1. The Morgan fingerprint density at radius 2 is 2.05 bits per heavy atom. The van der Waals surface area contributed by atoms with E-state index in [1.54, 1.807) is 6.92 Å². The van der Waals surface area contributed by atoms with E-state index < -0.39 is 0 Å². The summed E-state index contributed by atoms with van der Waals surface area (Å²) in [5, 5.41) is 0.339. The molecule has 0 saturated carbocycles. The van der Waals surface area contributed by atoms with Crippen LogP contribution in [0.15, 0.2) is 18.2 Å². The summed E-state index contributed by atoms with van der Waals surface area (Å²) in [4.78, 5) is 25.2. The fourth-order valence-electron chi connectivity index (χ4n) is 2.64. The molecule has 0 unspecified atom stereocenters. The van der Waals surface area contributed by atoms with Gasteiger partial charge in [0, 0.05) is 31.0 Å². The molecule has 0 aromatic heterocycles. The maximum Gasteiger partial charge on any atom is 0.219 e. The normalized spacial score (nSPS) is 16.9. The number of rotatable bonds is 2. The Labute approximate surface area is 122 Å². The minimum atomic E-state index is -0.123. The highest BCUT2D eigenvalue weighted by Crippen LogP contribution is 2.34. The number of Topliss-reactive ketones (excluding diaryl/α,β-unsaturated/α-hetero) is 1. The highest BCUT2D eigenvalue weighted by Gasteiger charge is 2.33. The first-order valence-corrected chi connectivity index (χ1v) is 7.45. The first kappa shape index (κ1) is 14.3. The minimum absolute atomic E-state index is 0.0904. The van der Waals surface area contributed by atoms with Crippen molar-refractivity contribution in [1.82, 2.24) is 4.90 Å². The Bertz CT molecular complexity index is 537. The van der Waals surface area contributed by atoms with E-state index in [4.69, 9.17) is 0 Å². The van der Waals surface area contributed by atoms with Crippen molar-refractivity contribution in [2.24, 2.45) is 0 Å². The molecule has 4 heteroatoms. The molecular formula is C15H18BrNO2. The topological polar surface area (TPSA) is 37.4 Å². The number of carbonyl (C=O) groups excluding carboxylic acids is 2. The van der Waals surface area contributed by atoms with E-state index in [9.17, 15) is 9.59 Å². The molecule has 0 saturated heterocycles. The van der Waals surface area contributed by atoms with Crippen LogP contribution in [0.2, 0.25) is 0 Å². The second-order valence-electron chi connectivity index (χ2n) is 5.69. The van der Waals surface area contributed by atoms with Gasteiger partial charge < -0.3 is 4.90 Å². The first-order valence-electron chi connectivity index (χ1n) is 6.33. The average molecular weight is 324 g/mol. The van der Waals surface area contributed by atoms with Crippen molar-refractivity contribution in [3.05, 3.63) is 34.9 Å². The molecule has 2 rings (SSSR count). The lowest BCUT2D eigenvalue weighted by atomic mass is 9.77. The summed E-state index contributed by atoms with van der Waals surface area (Å²) in [5.41, 5.74) is 2.93. The minimum Gasteiger partial charge on any atom is -0.338 e. The van der Waals surface area contributed by atoms with Crippen molar-refractivity contribution in [2.45, 2.75) is 32.7 Å². The number of fused-ring (bicyclic) bond motifs is 1. The molecule has 0 spiro atoms. The maximum absolute atomic E-state index is 11.8. The van der Waals surface area contributed by atoms with Crippen molar-refractivity contribution >= 4 is 27.6 Å². The lowest BCUT2D eigenvalue weighted by Crippen LogP contribution is -2.44. The standard InChI is InChI=1S/C15H18BrNO2/c1-10(18)17-8-12-5-4-11(14(19)7-16)6-13(12)15(2,3)9-17/h4-6H,7-9H2,1-3H3. The molecule has 0 bridgehead atoms. The second-order valence-corrected chi connectivity index (χ2v) is 6.25. The van der Waals surface area contributed by atoms with Crippen LogP contribution >= 0.6 is 15.9 Å². The lowest BCUT2D eigenvalue weighted by molar-refractivity contribution is -0.130. The van der Waals surface area contributed by atoms with Gasteiger partial charge in [-0.2, -0.15) is 0 Å². The number of ketones is 1. The Hall–Kier alpha value is -1.16. The number of nitrogens with zero attached hydrogens (tertiary/aromatic N) is 1. The smallest absolute Gasteiger partial charge is 0.219 e. The summed E-state index contributed by atoms with van der Waals surface area (Å²) in [6.45, 7) is 7.16. The Morgan fingerprint density at radius 1 is 1.37 bits per heavy atom. The van der Waals surface area contributed by atoms with Crippen molar-refractivity contribution in [3.63, 3.8) is 0 Å². The summed E-state index contributed by atoms with van der Waals surface area (Å²) in [7, 11) is 0. The Morgan fingerprint density at radius 3 is 2.63 bits per heavy atom. The number of carbonyl (C=O) groups is 2. The Kier molecular flexibility index (Phi) is 3.81. The van der Waals surface area contributed by atoms with Gasteiger partial charge in [-0.1, -0.05) is 41.9 Å². The number of hydrogen-bond acceptors (Lipinski definition) is 2. The second kappa shape index (κ2) is 5.08. The zero-order chi connectivity index (χ0) is 14.2. The lowest BCUT2D eigenvalue weighted by Gasteiger charge is -2.39. The van der Waals surface area contributed by atoms with Crippen LogP contribution in [-0.4, -0.2) is 28.5 Å². The van der Waals surface area contributed by atoms with E-state index in [-0.39, 0.29) is 17.1 Å². The summed E-state index contributed by atoms with van der Waals surface area (Å²) in [6, 6.07) is 5.81. The van der Waals surface area contributed by atoms with E-state index >= 15 is 0 Å². The molecule has 19 heavy (non-hydrogen) atoms. The quantitative estimate of drug-likeness (QED) is 0.620. The monoisotopic (exact) mass is 323 g/mol. The fraction of sp³-hybridized carbons (Fsp3) is 0.467. The third kappa shape index (κ3) is 2.73. The number of hydrogen-bond donors (Lipinski definition) is 0. The van der Waals surface area contributed by atoms with Crippen LogP contribution in [0.4, 0.5) is 0 Å². The molecule has 1 aromatic rings. The van der Waals surface area contributed by atoms with Crippen molar-refractivity contribution in [2.75, 3.05) is 11.9 Å². The van der Waals surface area contributed by atoms with Crippen molar-refractivity contribution in [1.29, 1.82) is 0 Å². The molecular weight excluding hydrogens is 306 g/mol. The molecule has 0 fully saturated rings.